The van der Waals surface area contributed by atoms with Crippen molar-refractivity contribution < 1.29 is 9.30 Å². The Morgan fingerprint density at radius 3 is 2.00 bits per heavy atom. The molecule has 142 valence electrons. The van der Waals surface area contributed by atoms with Crippen LogP contribution in [-0.2, 0) is 16.0 Å². The molecular formula is C21H27N2O2PSi. The molecule has 0 bridgehead atoms. The van der Waals surface area contributed by atoms with Crippen LogP contribution >= 0.6 is 7.14 Å². The molecule has 0 amide bonds. The normalized spacial score (nSPS) is 12.3. The van der Waals surface area contributed by atoms with Crippen LogP contribution in [0.1, 0.15) is 0 Å². The van der Waals surface area contributed by atoms with Crippen LogP contribution in [0.15, 0.2) is 72.9 Å². The summed E-state index contributed by atoms with van der Waals surface area (Å²) in [5.41, 5.74) is 0.702. The van der Waals surface area contributed by atoms with Crippen molar-refractivity contribution in [2.24, 2.45) is 0 Å². The zero-order valence-electron chi connectivity index (χ0n) is 16.2. The van der Waals surface area contributed by atoms with Crippen LogP contribution in [-0.4, -0.2) is 24.5 Å². The van der Waals surface area contributed by atoms with Gasteiger partial charge in [0.15, 0.2) is 7.14 Å². The second kappa shape index (κ2) is 8.38. The zero-order chi connectivity index (χ0) is 19.3. The summed E-state index contributed by atoms with van der Waals surface area (Å²) in [5, 5.41) is 6.01. The predicted octanol–water partition coefficient (Wildman–Crippen LogP) is 3.83. The zero-order valence-corrected chi connectivity index (χ0v) is 18.1. The van der Waals surface area contributed by atoms with E-state index in [1.165, 1.54) is 0 Å². The largest absolute Gasteiger partial charge is 0.360 e. The van der Waals surface area contributed by atoms with E-state index in [4.69, 9.17) is 4.74 Å². The number of rotatable bonds is 8. The first kappa shape index (κ1) is 19.8. The van der Waals surface area contributed by atoms with E-state index in [0.717, 1.165) is 16.7 Å². The minimum Gasteiger partial charge on any atom is -0.360 e. The topological polar surface area (TPSA) is 44.1 Å². The molecule has 0 aliphatic heterocycles. The average Bonchev–Trinajstić information content (AvgIpc) is 3.14. The van der Waals surface area contributed by atoms with Gasteiger partial charge in [0, 0.05) is 31.5 Å². The Labute approximate surface area is 162 Å². The van der Waals surface area contributed by atoms with E-state index < -0.39 is 15.2 Å². The Morgan fingerprint density at radius 1 is 0.926 bits per heavy atom. The summed E-state index contributed by atoms with van der Waals surface area (Å²) in [6, 6.07) is 22.2. The summed E-state index contributed by atoms with van der Waals surface area (Å²) in [5.74, 6) is 0. The fraction of sp³-hybridized carbons (Fsp3) is 0.286. The molecule has 6 heteroatoms. The third kappa shape index (κ3) is 4.67. The molecule has 3 rings (SSSR count). The van der Waals surface area contributed by atoms with E-state index in [2.05, 4.69) is 24.7 Å². The number of ether oxygens (including phenoxy) is 1. The standard InChI is InChI=1S/C21H27N2O2PSi/c1-27(2,3)17-16-25-18-23-21(14-15-22-23)26(24,19-10-6-4-7-11-19)20-12-8-5-9-13-20/h4-15H,16-18H2,1-3H3. The number of hydrogen-bond donors (Lipinski definition) is 0. The number of hydrogen-bond acceptors (Lipinski definition) is 3. The molecule has 0 radical (unpaired) electrons. The van der Waals surface area contributed by atoms with E-state index >= 15 is 0 Å². The molecule has 0 unspecified atom stereocenters. The fourth-order valence-electron chi connectivity index (χ4n) is 2.91. The van der Waals surface area contributed by atoms with Gasteiger partial charge < -0.3 is 9.30 Å². The summed E-state index contributed by atoms with van der Waals surface area (Å²) in [4.78, 5) is 0. The minimum absolute atomic E-state index is 0.316. The van der Waals surface area contributed by atoms with Crippen LogP contribution in [0.5, 0.6) is 0 Å². The number of benzene rings is 2. The highest BCUT2D eigenvalue weighted by molar-refractivity contribution is 7.85. The summed E-state index contributed by atoms with van der Waals surface area (Å²) < 4.78 is 22.0. The predicted molar refractivity (Wildman–Crippen MR) is 116 cm³/mol. The fourth-order valence-corrected chi connectivity index (χ4v) is 6.39. The number of aromatic nitrogens is 2. The molecule has 1 heterocycles. The Morgan fingerprint density at radius 2 is 1.48 bits per heavy atom. The third-order valence-electron chi connectivity index (χ3n) is 4.47. The SMILES string of the molecule is C[Si](C)(C)CCOCn1nccc1P(=O)(c1ccccc1)c1ccccc1. The lowest BCUT2D eigenvalue weighted by atomic mass is 10.4. The van der Waals surface area contributed by atoms with Gasteiger partial charge in [-0.3, -0.25) is 0 Å². The van der Waals surface area contributed by atoms with Gasteiger partial charge in [-0.15, -0.1) is 0 Å². The van der Waals surface area contributed by atoms with Gasteiger partial charge in [-0.2, -0.15) is 5.10 Å². The molecule has 0 aliphatic rings. The van der Waals surface area contributed by atoms with Gasteiger partial charge in [0.25, 0.3) is 0 Å². The second-order valence-electron chi connectivity index (χ2n) is 7.82. The summed E-state index contributed by atoms with van der Waals surface area (Å²) >= 11 is 0. The highest BCUT2D eigenvalue weighted by Gasteiger charge is 2.32. The smallest absolute Gasteiger partial charge is 0.188 e. The molecule has 2 aromatic carbocycles. The van der Waals surface area contributed by atoms with Gasteiger partial charge in [-0.25, -0.2) is 4.68 Å². The summed E-state index contributed by atoms with van der Waals surface area (Å²) in [6.45, 7) is 8.00. The molecule has 1 aromatic heterocycles. The van der Waals surface area contributed by atoms with Gasteiger partial charge in [0.1, 0.15) is 12.2 Å². The highest BCUT2D eigenvalue weighted by atomic mass is 31.2. The van der Waals surface area contributed by atoms with Crippen molar-refractivity contribution in [3.8, 4) is 0 Å². The van der Waals surface area contributed by atoms with E-state index in [9.17, 15) is 4.57 Å². The van der Waals surface area contributed by atoms with Gasteiger partial charge >= 0.3 is 0 Å². The quantitative estimate of drug-likeness (QED) is 0.329. The molecule has 3 aromatic rings. The van der Waals surface area contributed by atoms with Crippen molar-refractivity contribution >= 4 is 31.3 Å². The van der Waals surface area contributed by atoms with Gasteiger partial charge in [0.05, 0.1) is 0 Å². The maximum Gasteiger partial charge on any atom is 0.188 e. The van der Waals surface area contributed by atoms with Crippen molar-refractivity contribution in [2.75, 3.05) is 6.61 Å². The van der Waals surface area contributed by atoms with Crippen LogP contribution in [0.3, 0.4) is 0 Å². The Hall–Kier alpha value is -1.94. The number of nitrogens with zero attached hydrogens (tertiary/aromatic N) is 2. The lowest BCUT2D eigenvalue weighted by molar-refractivity contribution is 0.0807. The maximum atomic E-state index is 14.4. The van der Waals surface area contributed by atoms with E-state index in [-0.39, 0.29) is 0 Å². The van der Waals surface area contributed by atoms with E-state index in [1.54, 1.807) is 10.9 Å². The van der Waals surface area contributed by atoms with Gasteiger partial charge in [-0.05, 0) is 12.1 Å². The Bertz CT molecular complexity index is 861. The molecule has 0 atom stereocenters. The van der Waals surface area contributed by atoms with Crippen LogP contribution in [0.4, 0.5) is 0 Å². The van der Waals surface area contributed by atoms with Crippen LogP contribution in [0.25, 0.3) is 0 Å². The van der Waals surface area contributed by atoms with Crippen molar-refractivity contribution in [1.29, 1.82) is 0 Å². The van der Waals surface area contributed by atoms with Gasteiger partial charge in [0.2, 0.25) is 0 Å². The van der Waals surface area contributed by atoms with Crippen molar-refractivity contribution in [1.82, 2.24) is 9.78 Å². The first-order chi connectivity index (χ1) is 12.9. The third-order valence-corrected chi connectivity index (χ3v) is 9.25. The van der Waals surface area contributed by atoms with Crippen LogP contribution in [0, 0.1) is 0 Å². The van der Waals surface area contributed by atoms with E-state index in [1.807, 2.05) is 66.7 Å². The second-order valence-corrected chi connectivity index (χ2v) is 16.1. The van der Waals surface area contributed by atoms with Crippen molar-refractivity contribution in [3.63, 3.8) is 0 Å². The first-order valence-electron chi connectivity index (χ1n) is 9.23. The lowest BCUT2D eigenvalue weighted by Crippen LogP contribution is -2.31. The van der Waals surface area contributed by atoms with E-state index in [0.29, 0.717) is 18.8 Å². The molecule has 27 heavy (non-hydrogen) atoms. The Kier molecular flexibility index (Phi) is 6.15. The Balaban J connectivity index is 1.94. The van der Waals surface area contributed by atoms with Crippen molar-refractivity contribution in [3.05, 3.63) is 72.9 Å². The molecular weight excluding hydrogens is 371 g/mol. The molecule has 0 N–H and O–H groups in total. The minimum atomic E-state index is -3.02. The molecule has 4 nitrogen and oxygen atoms in total. The molecule has 0 aliphatic carbocycles. The van der Waals surface area contributed by atoms with Crippen LogP contribution < -0.4 is 16.0 Å². The lowest BCUT2D eigenvalue weighted by Gasteiger charge is -2.21. The van der Waals surface area contributed by atoms with Crippen molar-refractivity contribution in [2.45, 2.75) is 32.4 Å². The highest BCUT2D eigenvalue weighted by Crippen LogP contribution is 2.42. The molecule has 0 fully saturated rings. The van der Waals surface area contributed by atoms with Gasteiger partial charge in [-0.1, -0.05) is 80.3 Å². The van der Waals surface area contributed by atoms with Crippen LogP contribution in [0.2, 0.25) is 25.7 Å². The monoisotopic (exact) mass is 398 g/mol. The molecule has 0 spiro atoms. The maximum absolute atomic E-state index is 14.4. The molecule has 0 saturated heterocycles. The average molecular weight is 399 g/mol. The summed E-state index contributed by atoms with van der Waals surface area (Å²) in [6.07, 6.45) is 1.70. The molecule has 0 saturated carbocycles. The summed E-state index contributed by atoms with van der Waals surface area (Å²) in [7, 11) is -4.16. The first-order valence-corrected chi connectivity index (χ1v) is 14.6.